The number of hydrogen-bond donors (Lipinski definition) is 1. The molecule has 1 heterocycles. The van der Waals surface area contributed by atoms with Gasteiger partial charge in [-0.15, -0.1) is 0 Å². The molecule has 0 bridgehead atoms. The molecule has 26 heavy (non-hydrogen) atoms. The number of fused-ring (bicyclic) bond motifs is 1. The SMILES string of the molecule is C/C(=N/Nc1ccc([N+](=O)[O-])cc1[N+](=O)[O-])c1ccc2ccccc2n1. The van der Waals surface area contributed by atoms with E-state index < -0.39 is 15.5 Å². The summed E-state index contributed by atoms with van der Waals surface area (Å²) in [5.74, 6) is 0. The Kier molecular flexibility index (Phi) is 4.52. The Morgan fingerprint density at radius 2 is 1.81 bits per heavy atom. The fourth-order valence-corrected chi connectivity index (χ4v) is 2.35. The number of hydrazone groups is 1. The zero-order valence-corrected chi connectivity index (χ0v) is 13.6. The minimum Gasteiger partial charge on any atom is -0.271 e. The zero-order chi connectivity index (χ0) is 18.7. The molecule has 0 fully saturated rings. The summed E-state index contributed by atoms with van der Waals surface area (Å²) in [5.41, 5.74) is 3.79. The molecule has 0 atom stereocenters. The molecule has 2 aromatic carbocycles. The van der Waals surface area contributed by atoms with Gasteiger partial charge >= 0.3 is 5.69 Å². The average Bonchev–Trinajstić information content (AvgIpc) is 2.65. The van der Waals surface area contributed by atoms with Crippen LogP contribution in [0.2, 0.25) is 0 Å². The van der Waals surface area contributed by atoms with E-state index in [2.05, 4.69) is 15.5 Å². The molecule has 9 heteroatoms. The number of hydrogen-bond acceptors (Lipinski definition) is 7. The van der Waals surface area contributed by atoms with Crippen molar-refractivity contribution < 1.29 is 9.85 Å². The molecule has 0 aliphatic rings. The Bertz CT molecular complexity index is 1050. The summed E-state index contributed by atoms with van der Waals surface area (Å²) in [5, 5.41) is 27.0. The number of aromatic nitrogens is 1. The van der Waals surface area contributed by atoms with Crippen molar-refractivity contribution in [1.82, 2.24) is 4.98 Å². The molecule has 3 rings (SSSR count). The third-order valence-corrected chi connectivity index (χ3v) is 3.70. The van der Waals surface area contributed by atoms with Gasteiger partial charge in [0.25, 0.3) is 5.69 Å². The van der Waals surface area contributed by atoms with E-state index >= 15 is 0 Å². The van der Waals surface area contributed by atoms with Gasteiger partial charge in [-0.1, -0.05) is 24.3 Å². The Labute approximate surface area is 147 Å². The van der Waals surface area contributed by atoms with E-state index in [0.29, 0.717) is 11.4 Å². The molecule has 0 aliphatic heterocycles. The minimum absolute atomic E-state index is 0.0562. The maximum atomic E-state index is 11.1. The highest BCUT2D eigenvalue weighted by Gasteiger charge is 2.19. The molecule has 0 unspecified atom stereocenters. The second-order valence-electron chi connectivity index (χ2n) is 5.41. The number of nitrogens with one attached hydrogen (secondary N) is 1. The van der Waals surface area contributed by atoms with Crippen molar-refractivity contribution in [2.45, 2.75) is 6.92 Å². The van der Waals surface area contributed by atoms with Gasteiger partial charge in [0.05, 0.1) is 32.8 Å². The smallest absolute Gasteiger partial charge is 0.271 e. The van der Waals surface area contributed by atoms with Gasteiger partial charge in [0.2, 0.25) is 0 Å². The van der Waals surface area contributed by atoms with Crippen LogP contribution in [-0.2, 0) is 0 Å². The van der Waals surface area contributed by atoms with Gasteiger partial charge in [0, 0.05) is 11.5 Å². The Hall–Kier alpha value is -3.88. The minimum atomic E-state index is -0.700. The Morgan fingerprint density at radius 3 is 2.54 bits per heavy atom. The van der Waals surface area contributed by atoms with E-state index in [1.165, 1.54) is 12.1 Å². The van der Waals surface area contributed by atoms with E-state index in [4.69, 9.17) is 0 Å². The van der Waals surface area contributed by atoms with Gasteiger partial charge in [-0.05, 0) is 25.1 Å². The number of pyridine rings is 1. The van der Waals surface area contributed by atoms with Crippen molar-refractivity contribution in [2.24, 2.45) is 5.10 Å². The lowest BCUT2D eigenvalue weighted by Gasteiger charge is -2.05. The number of nitro benzene ring substituents is 2. The maximum absolute atomic E-state index is 11.1. The van der Waals surface area contributed by atoms with Crippen LogP contribution in [0.15, 0.2) is 59.7 Å². The lowest BCUT2D eigenvalue weighted by molar-refractivity contribution is -0.393. The van der Waals surface area contributed by atoms with Crippen LogP contribution in [0.5, 0.6) is 0 Å². The number of anilines is 1. The summed E-state index contributed by atoms with van der Waals surface area (Å²) in [7, 11) is 0. The molecule has 0 saturated heterocycles. The van der Waals surface area contributed by atoms with E-state index in [9.17, 15) is 20.2 Å². The van der Waals surface area contributed by atoms with Crippen LogP contribution in [0.3, 0.4) is 0 Å². The molecule has 0 spiro atoms. The van der Waals surface area contributed by atoms with E-state index in [-0.39, 0.29) is 11.4 Å². The Morgan fingerprint density at radius 1 is 1.04 bits per heavy atom. The summed E-state index contributed by atoms with van der Waals surface area (Å²) in [6, 6.07) is 14.6. The average molecular weight is 351 g/mol. The first-order chi connectivity index (χ1) is 12.5. The number of nitro groups is 2. The number of benzene rings is 2. The molecular weight excluding hydrogens is 338 g/mol. The summed E-state index contributed by atoms with van der Waals surface area (Å²) in [6.07, 6.45) is 0. The topological polar surface area (TPSA) is 124 Å². The van der Waals surface area contributed by atoms with Crippen LogP contribution in [0.4, 0.5) is 17.1 Å². The van der Waals surface area contributed by atoms with Crippen molar-refractivity contribution in [2.75, 3.05) is 5.43 Å². The van der Waals surface area contributed by atoms with Crippen LogP contribution >= 0.6 is 0 Å². The van der Waals surface area contributed by atoms with Crippen molar-refractivity contribution in [3.05, 3.63) is 80.5 Å². The molecule has 0 aliphatic carbocycles. The molecule has 0 amide bonds. The lowest BCUT2D eigenvalue weighted by atomic mass is 10.2. The number of rotatable bonds is 5. The molecule has 0 radical (unpaired) electrons. The number of para-hydroxylation sites is 1. The third kappa shape index (κ3) is 3.46. The van der Waals surface area contributed by atoms with E-state index in [1.807, 2.05) is 30.3 Å². The van der Waals surface area contributed by atoms with Crippen LogP contribution in [0.25, 0.3) is 10.9 Å². The molecular formula is C17H13N5O4. The summed E-state index contributed by atoms with van der Waals surface area (Å²) in [6.45, 7) is 1.71. The van der Waals surface area contributed by atoms with Gasteiger partial charge in [0.15, 0.2) is 0 Å². The maximum Gasteiger partial charge on any atom is 0.301 e. The van der Waals surface area contributed by atoms with Crippen LogP contribution in [-0.4, -0.2) is 20.5 Å². The van der Waals surface area contributed by atoms with Gasteiger partial charge in [-0.2, -0.15) is 5.10 Å². The van der Waals surface area contributed by atoms with Crippen LogP contribution in [0, 0.1) is 20.2 Å². The first-order valence-corrected chi connectivity index (χ1v) is 7.55. The second kappa shape index (κ2) is 6.93. The second-order valence-corrected chi connectivity index (χ2v) is 5.41. The van der Waals surface area contributed by atoms with Crippen molar-refractivity contribution in [3.8, 4) is 0 Å². The number of nitrogens with zero attached hydrogens (tertiary/aromatic N) is 4. The van der Waals surface area contributed by atoms with Crippen LogP contribution < -0.4 is 5.43 Å². The molecule has 1 aromatic heterocycles. The fourth-order valence-electron chi connectivity index (χ4n) is 2.35. The zero-order valence-electron chi connectivity index (χ0n) is 13.6. The summed E-state index contributed by atoms with van der Waals surface area (Å²) < 4.78 is 0. The van der Waals surface area contributed by atoms with E-state index in [0.717, 1.165) is 17.0 Å². The highest BCUT2D eigenvalue weighted by molar-refractivity contribution is 5.99. The van der Waals surface area contributed by atoms with Gasteiger partial charge in [0.1, 0.15) is 5.69 Å². The molecule has 1 N–H and O–H groups in total. The van der Waals surface area contributed by atoms with Crippen LogP contribution in [0.1, 0.15) is 12.6 Å². The predicted molar refractivity (Wildman–Crippen MR) is 97.3 cm³/mol. The van der Waals surface area contributed by atoms with Crippen molar-refractivity contribution in [1.29, 1.82) is 0 Å². The Balaban J connectivity index is 1.90. The highest BCUT2D eigenvalue weighted by atomic mass is 16.6. The summed E-state index contributed by atoms with van der Waals surface area (Å²) in [4.78, 5) is 25.0. The van der Waals surface area contributed by atoms with Crippen molar-refractivity contribution >= 4 is 33.7 Å². The highest BCUT2D eigenvalue weighted by Crippen LogP contribution is 2.29. The first-order valence-electron chi connectivity index (χ1n) is 7.55. The molecule has 9 nitrogen and oxygen atoms in total. The van der Waals surface area contributed by atoms with E-state index in [1.54, 1.807) is 13.0 Å². The van der Waals surface area contributed by atoms with Gasteiger partial charge in [-0.25, -0.2) is 4.98 Å². The summed E-state index contributed by atoms with van der Waals surface area (Å²) >= 11 is 0. The van der Waals surface area contributed by atoms with Gasteiger partial charge in [-0.3, -0.25) is 25.7 Å². The standard InChI is InChI=1S/C17H13N5O4/c1-11(14-8-6-12-4-2-3-5-15(12)18-14)19-20-16-9-7-13(21(23)24)10-17(16)22(25)26/h2-10,20H,1H3/b19-11-. The molecule has 0 saturated carbocycles. The van der Waals surface area contributed by atoms with Crippen molar-refractivity contribution in [3.63, 3.8) is 0 Å². The fraction of sp³-hybridized carbons (Fsp3) is 0.0588. The number of non-ortho nitro benzene ring substituents is 1. The molecule has 3 aromatic rings. The quantitative estimate of drug-likeness (QED) is 0.422. The normalized spacial score (nSPS) is 11.3. The monoisotopic (exact) mass is 351 g/mol. The first kappa shape index (κ1) is 17.0. The largest absolute Gasteiger partial charge is 0.301 e. The van der Waals surface area contributed by atoms with Gasteiger partial charge < -0.3 is 0 Å². The predicted octanol–water partition coefficient (Wildman–Crippen LogP) is 3.89. The lowest BCUT2D eigenvalue weighted by Crippen LogP contribution is -2.04. The third-order valence-electron chi connectivity index (χ3n) is 3.70. The molecule has 130 valence electrons.